The normalized spacial score (nSPS) is 13.0. The van der Waals surface area contributed by atoms with E-state index < -0.39 is 34.2 Å². The molecule has 0 amide bonds. The Morgan fingerprint density at radius 3 is 2.26 bits per heavy atom. The summed E-state index contributed by atoms with van der Waals surface area (Å²) in [6.45, 7) is -0.318. The first-order chi connectivity index (χ1) is 16.0. The lowest BCUT2D eigenvalue weighted by Gasteiger charge is -2.20. The lowest BCUT2D eigenvalue weighted by atomic mass is 10.3. The van der Waals surface area contributed by atoms with Crippen LogP contribution in [0.1, 0.15) is 0 Å². The largest absolute Gasteiger partial charge is 0.491 e. The van der Waals surface area contributed by atoms with Crippen LogP contribution < -0.4 is 9.47 Å². The highest BCUT2D eigenvalue weighted by atomic mass is 35.5. The highest BCUT2D eigenvalue weighted by molar-refractivity contribution is 7.91. The van der Waals surface area contributed by atoms with E-state index in [4.69, 9.17) is 44.3 Å². The highest BCUT2D eigenvalue weighted by Gasteiger charge is 2.26. The maximum Gasteiger partial charge on any atom is 0.211 e. The molecule has 9 nitrogen and oxygen atoms in total. The first kappa shape index (κ1) is 26.6. The van der Waals surface area contributed by atoms with E-state index in [0.717, 1.165) is 12.1 Å². The summed E-state index contributed by atoms with van der Waals surface area (Å²) in [4.78, 5) is 3.67. The molecule has 0 aliphatic carbocycles. The van der Waals surface area contributed by atoms with E-state index in [2.05, 4.69) is 4.98 Å². The number of imidazole rings is 1. The van der Waals surface area contributed by atoms with Gasteiger partial charge in [-0.2, -0.15) is 0 Å². The van der Waals surface area contributed by atoms with Crippen molar-refractivity contribution in [2.24, 2.45) is 0 Å². The van der Waals surface area contributed by atoms with E-state index in [9.17, 15) is 23.7 Å². The maximum atomic E-state index is 13.0. The van der Waals surface area contributed by atoms with Gasteiger partial charge in [0.05, 0.1) is 38.6 Å². The van der Waals surface area contributed by atoms with Crippen molar-refractivity contribution in [3.63, 3.8) is 0 Å². The zero-order valence-corrected chi connectivity index (χ0v) is 20.6. The average Bonchev–Trinajstić information content (AvgIpc) is 3.30. The van der Waals surface area contributed by atoms with Crippen molar-refractivity contribution < 1.29 is 33.2 Å². The van der Waals surface area contributed by atoms with Crippen molar-refractivity contribution in [2.75, 3.05) is 19.1 Å². The average molecular weight is 552 g/mol. The molecule has 0 aliphatic heterocycles. The number of alkyl halides is 1. The van der Waals surface area contributed by atoms with Crippen LogP contribution in [-0.4, -0.2) is 64.3 Å². The van der Waals surface area contributed by atoms with Crippen molar-refractivity contribution in [3.05, 3.63) is 65.2 Å². The molecule has 0 unspecified atom stereocenters. The second-order valence-electron chi connectivity index (χ2n) is 7.32. The minimum atomic E-state index is -3.99. The molecule has 1 heterocycles. The van der Waals surface area contributed by atoms with Crippen LogP contribution in [0.25, 0.3) is 0 Å². The molecule has 13 heteroatoms. The van der Waals surface area contributed by atoms with Crippen molar-refractivity contribution >= 4 is 44.6 Å². The van der Waals surface area contributed by atoms with Gasteiger partial charge in [0.1, 0.15) is 25.1 Å². The molecule has 3 N–H and O–H groups in total. The fourth-order valence-corrected chi connectivity index (χ4v) is 4.91. The molecule has 2 aromatic carbocycles. The Kier molecular flexibility index (Phi) is 8.69. The lowest BCUT2D eigenvalue weighted by Crippen LogP contribution is -2.37. The number of hydrogen-bond acceptors (Lipinski definition) is 8. The molecule has 1 atom stereocenters. The van der Waals surface area contributed by atoms with Crippen molar-refractivity contribution in [2.45, 2.75) is 28.2 Å². The molecule has 0 aliphatic rings. The van der Waals surface area contributed by atoms with Gasteiger partial charge in [-0.05, 0) is 36.4 Å². The fraction of sp³-hybridized carbons (Fsp3) is 0.286. The number of aliphatic hydroxyl groups is 3. The number of sulfone groups is 1. The minimum absolute atomic E-state index is 0.00361. The van der Waals surface area contributed by atoms with Gasteiger partial charge >= 0.3 is 0 Å². The van der Waals surface area contributed by atoms with E-state index >= 15 is 0 Å². The third kappa shape index (κ3) is 6.76. The third-order valence-electron chi connectivity index (χ3n) is 4.50. The van der Waals surface area contributed by atoms with Crippen molar-refractivity contribution in [1.29, 1.82) is 0 Å². The van der Waals surface area contributed by atoms with Crippen molar-refractivity contribution in [1.82, 2.24) is 9.55 Å². The summed E-state index contributed by atoms with van der Waals surface area (Å²) in [5.41, 5.74) is 0. The SMILES string of the molecule is O=S(=O)(c1ccc(OC[C@H](O)Cn2ccnc2)cc1)c1cc(Cl)c(OCC(O)(O)CCl)c(Cl)c1. The summed E-state index contributed by atoms with van der Waals surface area (Å²) >= 11 is 17.7. The summed E-state index contributed by atoms with van der Waals surface area (Å²) in [6, 6.07) is 7.92. The molecule has 0 fully saturated rings. The van der Waals surface area contributed by atoms with Crippen LogP contribution in [0.3, 0.4) is 0 Å². The van der Waals surface area contributed by atoms with Gasteiger partial charge < -0.3 is 29.4 Å². The fourth-order valence-electron chi connectivity index (χ4n) is 2.79. The molecule has 0 spiro atoms. The van der Waals surface area contributed by atoms with Gasteiger partial charge in [0, 0.05) is 12.4 Å². The Morgan fingerprint density at radius 2 is 1.71 bits per heavy atom. The quantitative estimate of drug-likeness (QED) is 0.245. The van der Waals surface area contributed by atoms with Crippen LogP contribution in [0.5, 0.6) is 11.5 Å². The Labute approximate surface area is 211 Å². The van der Waals surface area contributed by atoms with Crippen molar-refractivity contribution in [3.8, 4) is 11.5 Å². The Bertz CT molecular complexity index is 1180. The summed E-state index contributed by atoms with van der Waals surface area (Å²) in [7, 11) is -3.99. The number of halogens is 3. The maximum absolute atomic E-state index is 13.0. The minimum Gasteiger partial charge on any atom is -0.491 e. The zero-order chi connectivity index (χ0) is 24.9. The number of rotatable bonds is 11. The molecule has 184 valence electrons. The standard InChI is InChI=1S/C21H21Cl3N2O7S/c22-11-21(28,29)12-33-20-18(23)7-17(8-19(20)24)34(30,31)16-3-1-15(2-4-16)32-10-14(27)9-26-6-5-25-13-26/h1-8,13-14,27-29H,9-12H2/t14-/m1/s1. The van der Waals surface area contributed by atoms with E-state index in [-0.39, 0.29) is 32.2 Å². The van der Waals surface area contributed by atoms with Gasteiger partial charge in [-0.15, -0.1) is 11.6 Å². The van der Waals surface area contributed by atoms with Gasteiger partial charge in [-0.25, -0.2) is 13.4 Å². The molecule has 3 aromatic rings. The van der Waals surface area contributed by atoms with Gasteiger partial charge in [0.15, 0.2) is 5.75 Å². The molecule has 0 saturated heterocycles. The number of nitrogens with zero attached hydrogens (tertiary/aromatic N) is 2. The number of ether oxygens (including phenoxy) is 2. The molecule has 0 radical (unpaired) electrons. The molecule has 0 saturated carbocycles. The predicted octanol–water partition coefficient (Wildman–Crippen LogP) is 2.76. The third-order valence-corrected chi connectivity index (χ3v) is 7.24. The monoisotopic (exact) mass is 550 g/mol. The molecular weight excluding hydrogens is 531 g/mol. The number of hydrogen-bond donors (Lipinski definition) is 3. The van der Waals surface area contributed by atoms with Gasteiger partial charge in [-0.3, -0.25) is 0 Å². The first-order valence-corrected chi connectivity index (χ1v) is 12.5. The van der Waals surface area contributed by atoms with Crippen LogP contribution in [0.15, 0.2) is 64.9 Å². The van der Waals surface area contributed by atoms with Crippen LogP contribution in [0, 0.1) is 0 Å². The smallest absolute Gasteiger partial charge is 0.211 e. The zero-order valence-electron chi connectivity index (χ0n) is 17.5. The van der Waals surface area contributed by atoms with E-state index in [1.54, 1.807) is 23.3 Å². The molecule has 0 bridgehead atoms. The van der Waals surface area contributed by atoms with Gasteiger partial charge in [-0.1, -0.05) is 23.2 Å². The summed E-state index contributed by atoms with van der Waals surface area (Å²) in [6.07, 6.45) is 4.11. The van der Waals surface area contributed by atoms with Gasteiger partial charge in [0.25, 0.3) is 0 Å². The van der Waals surface area contributed by atoms with Crippen LogP contribution in [0.2, 0.25) is 10.0 Å². The van der Waals surface area contributed by atoms with E-state index in [1.165, 1.54) is 24.3 Å². The molecular formula is C21H21Cl3N2O7S. The summed E-state index contributed by atoms with van der Waals surface area (Å²) < 4.78 is 38.5. The van der Waals surface area contributed by atoms with E-state index in [1.807, 2.05) is 0 Å². The van der Waals surface area contributed by atoms with Gasteiger partial charge in [0.2, 0.25) is 15.6 Å². The highest BCUT2D eigenvalue weighted by Crippen LogP contribution is 2.37. The van der Waals surface area contributed by atoms with Crippen LogP contribution in [0.4, 0.5) is 0 Å². The van der Waals surface area contributed by atoms with Crippen LogP contribution in [-0.2, 0) is 16.4 Å². The number of aliphatic hydroxyl groups excluding tert-OH is 1. The second-order valence-corrected chi connectivity index (χ2v) is 10.4. The summed E-state index contributed by atoms with van der Waals surface area (Å²) in [5, 5.41) is 28.8. The topological polar surface area (TPSA) is 131 Å². The van der Waals surface area contributed by atoms with Crippen LogP contribution >= 0.6 is 34.8 Å². The Hall–Kier alpha value is -2.05. The Morgan fingerprint density at radius 1 is 1.06 bits per heavy atom. The molecule has 3 rings (SSSR count). The number of benzene rings is 2. The Balaban J connectivity index is 1.69. The second kappa shape index (κ2) is 11.1. The summed E-state index contributed by atoms with van der Waals surface area (Å²) in [5.74, 6) is -2.56. The predicted molar refractivity (Wildman–Crippen MR) is 125 cm³/mol. The first-order valence-electron chi connectivity index (χ1n) is 9.76. The lowest BCUT2D eigenvalue weighted by molar-refractivity contribution is -0.162. The molecule has 1 aromatic heterocycles. The number of aromatic nitrogens is 2. The van der Waals surface area contributed by atoms with E-state index in [0.29, 0.717) is 12.3 Å². The molecule has 34 heavy (non-hydrogen) atoms.